The van der Waals surface area contributed by atoms with Gasteiger partial charge in [0.25, 0.3) is 0 Å². The van der Waals surface area contributed by atoms with Crippen LogP contribution in [0.3, 0.4) is 0 Å². The van der Waals surface area contributed by atoms with Gasteiger partial charge in [0.15, 0.2) is 0 Å². The molecule has 3 amide bonds. The number of anilines is 1. The average molecular weight is 501 g/mol. The molecule has 2 heterocycles. The van der Waals surface area contributed by atoms with Gasteiger partial charge in [0, 0.05) is 50.2 Å². The van der Waals surface area contributed by atoms with Crippen LogP contribution in [-0.4, -0.2) is 81.6 Å². The predicted octanol–water partition coefficient (Wildman–Crippen LogP) is 0.767. The van der Waals surface area contributed by atoms with Crippen LogP contribution in [0.4, 0.5) is 10.6 Å². The molecule has 1 aromatic rings. The van der Waals surface area contributed by atoms with Crippen molar-refractivity contribution in [1.82, 2.24) is 24.7 Å². The highest BCUT2D eigenvalue weighted by atomic mass is 16.2. The molecule has 11 heteroatoms. The Kier molecular flexibility index (Phi) is 8.11. The first-order valence-electron chi connectivity index (χ1n) is 13.0. The fraction of sp³-hybridized carbons (Fsp3) is 0.680. The quantitative estimate of drug-likeness (QED) is 0.450. The van der Waals surface area contributed by atoms with Crippen molar-refractivity contribution in [3.63, 3.8) is 0 Å². The molecule has 1 saturated carbocycles. The number of nitrogens with two attached hydrogens (primary N) is 2. The molecule has 4 rings (SSSR count). The molecule has 36 heavy (non-hydrogen) atoms. The van der Waals surface area contributed by atoms with Gasteiger partial charge >= 0.3 is 11.7 Å². The third kappa shape index (κ3) is 6.51. The Bertz CT molecular complexity index is 1040. The highest BCUT2D eigenvalue weighted by Gasteiger charge is 2.31. The Hall–Kier alpha value is -2.76. The van der Waals surface area contributed by atoms with Crippen molar-refractivity contribution in [2.75, 3.05) is 38.0 Å². The molecule has 11 nitrogen and oxygen atoms in total. The van der Waals surface area contributed by atoms with Crippen molar-refractivity contribution in [1.29, 1.82) is 0 Å². The van der Waals surface area contributed by atoms with Gasteiger partial charge in [0.1, 0.15) is 5.82 Å². The average Bonchev–Trinajstić information content (AvgIpc) is 3.27. The lowest BCUT2D eigenvalue weighted by atomic mass is 9.92. The molecule has 2 aliphatic carbocycles. The molecule has 3 aliphatic rings. The molecule has 0 spiro atoms. The summed E-state index contributed by atoms with van der Waals surface area (Å²) in [4.78, 5) is 45.0. The maximum Gasteiger partial charge on any atom is 0.353 e. The summed E-state index contributed by atoms with van der Waals surface area (Å²) in [6, 6.07) is 2.17. The van der Waals surface area contributed by atoms with E-state index in [0.717, 1.165) is 50.8 Å². The molecule has 1 aliphatic heterocycles. The van der Waals surface area contributed by atoms with Crippen LogP contribution < -0.4 is 27.8 Å². The van der Waals surface area contributed by atoms with E-state index in [0.29, 0.717) is 44.2 Å². The van der Waals surface area contributed by atoms with Gasteiger partial charge in [-0.05, 0) is 70.9 Å². The molecule has 6 N–H and O–H groups in total. The van der Waals surface area contributed by atoms with Gasteiger partial charge < -0.3 is 26.6 Å². The molecule has 3 atom stereocenters. The zero-order valence-electron chi connectivity index (χ0n) is 21.4. The fourth-order valence-corrected chi connectivity index (χ4v) is 5.21. The SMILES string of the molecule is CC(C)(N)C(=O)N1CCN(C(=O)Nc2ccn(C3=CCC(CN[C@H]4CCC(N)C4)CC3)c(=O)n2)CC1. The van der Waals surface area contributed by atoms with Crippen molar-refractivity contribution >= 4 is 23.5 Å². The maximum absolute atomic E-state index is 12.7. The van der Waals surface area contributed by atoms with Gasteiger partial charge in [0.05, 0.1) is 5.54 Å². The van der Waals surface area contributed by atoms with Gasteiger partial charge in [-0.2, -0.15) is 4.98 Å². The molecule has 0 radical (unpaired) electrons. The van der Waals surface area contributed by atoms with Gasteiger partial charge in [-0.15, -0.1) is 0 Å². The number of urea groups is 1. The highest BCUT2D eigenvalue weighted by molar-refractivity contribution is 5.89. The van der Waals surface area contributed by atoms with Crippen molar-refractivity contribution in [3.05, 3.63) is 28.8 Å². The van der Waals surface area contributed by atoms with E-state index in [4.69, 9.17) is 11.5 Å². The molecule has 2 fully saturated rings. The fourth-order valence-electron chi connectivity index (χ4n) is 5.21. The first-order valence-corrected chi connectivity index (χ1v) is 13.0. The number of piperazine rings is 1. The Morgan fingerprint density at radius 3 is 2.44 bits per heavy atom. The van der Waals surface area contributed by atoms with Crippen molar-refractivity contribution < 1.29 is 9.59 Å². The molecule has 2 unspecified atom stereocenters. The number of carbonyl (C=O) groups excluding carboxylic acids is 2. The summed E-state index contributed by atoms with van der Waals surface area (Å²) in [6.45, 7) is 5.94. The number of amides is 3. The third-order valence-corrected chi connectivity index (χ3v) is 7.42. The topological polar surface area (TPSA) is 152 Å². The van der Waals surface area contributed by atoms with Crippen molar-refractivity contribution in [2.45, 2.75) is 70.0 Å². The summed E-state index contributed by atoms with van der Waals surface area (Å²) < 4.78 is 1.56. The van der Waals surface area contributed by atoms with E-state index < -0.39 is 11.2 Å². The van der Waals surface area contributed by atoms with Crippen LogP contribution >= 0.6 is 0 Å². The lowest BCUT2D eigenvalue weighted by Gasteiger charge is -2.37. The zero-order valence-corrected chi connectivity index (χ0v) is 21.4. The summed E-state index contributed by atoms with van der Waals surface area (Å²) in [5.74, 6) is 0.640. The second-order valence-electron chi connectivity index (χ2n) is 10.9. The van der Waals surface area contributed by atoms with Gasteiger partial charge in [-0.1, -0.05) is 6.08 Å². The van der Waals surface area contributed by atoms with E-state index in [-0.39, 0.29) is 17.8 Å². The number of nitrogens with zero attached hydrogens (tertiary/aromatic N) is 4. The minimum absolute atomic E-state index is 0.133. The summed E-state index contributed by atoms with van der Waals surface area (Å²) in [6.07, 6.45) is 9.86. The Morgan fingerprint density at radius 2 is 1.86 bits per heavy atom. The third-order valence-electron chi connectivity index (χ3n) is 7.42. The molecule has 0 aromatic carbocycles. The number of hydrogen-bond acceptors (Lipinski definition) is 7. The first kappa shape index (κ1) is 26.3. The minimum atomic E-state index is -0.937. The summed E-state index contributed by atoms with van der Waals surface area (Å²) in [5.41, 5.74) is 11.5. The number of nitrogens with one attached hydrogen (secondary N) is 2. The Morgan fingerprint density at radius 1 is 1.14 bits per heavy atom. The van der Waals surface area contributed by atoms with Crippen molar-refractivity contribution in [2.24, 2.45) is 17.4 Å². The van der Waals surface area contributed by atoms with Crippen molar-refractivity contribution in [3.8, 4) is 0 Å². The second-order valence-corrected chi connectivity index (χ2v) is 10.9. The standard InChI is InChI=1S/C25H40N8O3/c1-25(2,27)22(34)31-11-13-32(14-12-31)23(35)29-21-9-10-33(24(36)30-21)20-7-3-17(4-8-20)16-28-19-6-5-18(26)15-19/h7,9-10,17-19,28H,3-6,8,11-16,26-27H2,1-2H3,(H,29,30,35,36)/t17?,18?,19-/m0/s1. The molecular formula is C25H40N8O3. The summed E-state index contributed by atoms with van der Waals surface area (Å²) in [5, 5.41) is 6.36. The van der Waals surface area contributed by atoms with Crippen LogP contribution in [0.25, 0.3) is 5.70 Å². The minimum Gasteiger partial charge on any atom is -0.338 e. The van der Waals surface area contributed by atoms with E-state index in [2.05, 4.69) is 21.7 Å². The number of hydrogen-bond donors (Lipinski definition) is 4. The van der Waals surface area contributed by atoms with Crippen LogP contribution in [0.15, 0.2) is 23.1 Å². The summed E-state index contributed by atoms with van der Waals surface area (Å²) in [7, 11) is 0. The normalized spacial score (nSPS) is 25.0. The lowest BCUT2D eigenvalue weighted by molar-refractivity contribution is -0.137. The lowest BCUT2D eigenvalue weighted by Crippen LogP contribution is -2.58. The number of aromatic nitrogens is 2. The number of allylic oxidation sites excluding steroid dienone is 2. The molecule has 198 valence electrons. The van der Waals surface area contributed by atoms with E-state index >= 15 is 0 Å². The number of rotatable bonds is 6. The Balaban J connectivity index is 1.26. The van der Waals surface area contributed by atoms with E-state index in [9.17, 15) is 14.4 Å². The molecule has 0 bridgehead atoms. The smallest absolute Gasteiger partial charge is 0.338 e. The van der Waals surface area contributed by atoms with Crippen LogP contribution in [0, 0.1) is 5.92 Å². The zero-order chi connectivity index (χ0) is 25.9. The van der Waals surface area contributed by atoms with Crippen LogP contribution in [-0.2, 0) is 4.79 Å². The molecule has 1 saturated heterocycles. The molecular weight excluding hydrogens is 460 g/mol. The van der Waals surface area contributed by atoms with Crippen LogP contribution in [0.1, 0.15) is 52.4 Å². The van der Waals surface area contributed by atoms with E-state index in [1.807, 2.05) is 0 Å². The monoisotopic (exact) mass is 500 g/mol. The second kappa shape index (κ2) is 11.1. The predicted molar refractivity (Wildman–Crippen MR) is 139 cm³/mol. The number of carbonyl (C=O) groups is 2. The van der Waals surface area contributed by atoms with E-state index in [1.54, 1.807) is 40.5 Å². The summed E-state index contributed by atoms with van der Waals surface area (Å²) >= 11 is 0. The molecule has 1 aromatic heterocycles. The van der Waals surface area contributed by atoms with Gasteiger partial charge in [-0.3, -0.25) is 14.7 Å². The van der Waals surface area contributed by atoms with E-state index in [1.165, 1.54) is 0 Å². The van der Waals surface area contributed by atoms with Crippen LogP contribution in [0.5, 0.6) is 0 Å². The first-order chi connectivity index (χ1) is 17.1. The maximum atomic E-state index is 12.7. The highest BCUT2D eigenvalue weighted by Crippen LogP contribution is 2.26. The Labute approximate surface area is 212 Å². The van der Waals surface area contributed by atoms with Crippen LogP contribution in [0.2, 0.25) is 0 Å². The largest absolute Gasteiger partial charge is 0.353 e. The van der Waals surface area contributed by atoms with Gasteiger partial charge in [0.2, 0.25) is 5.91 Å². The van der Waals surface area contributed by atoms with Gasteiger partial charge in [-0.25, -0.2) is 9.59 Å².